The van der Waals surface area contributed by atoms with Crippen molar-refractivity contribution in [2.45, 2.75) is 71.1 Å². The Labute approximate surface area is 117 Å². The maximum Gasteiger partial charge on any atom is 0.365 e. The lowest BCUT2D eigenvalue weighted by Crippen LogP contribution is -1.93. The van der Waals surface area contributed by atoms with Crippen LogP contribution >= 0.6 is 0 Å². The first-order valence-electron chi connectivity index (χ1n) is 7.49. The Kier molecular flexibility index (Phi) is 14.1. The van der Waals surface area contributed by atoms with Gasteiger partial charge in [0.1, 0.15) is 0 Å². The van der Waals surface area contributed by atoms with E-state index >= 15 is 0 Å². The van der Waals surface area contributed by atoms with Crippen molar-refractivity contribution < 1.29 is 14.9 Å². The third kappa shape index (κ3) is 14.9. The third-order valence-corrected chi connectivity index (χ3v) is 3.04. The molecule has 3 nitrogen and oxygen atoms in total. The van der Waals surface area contributed by atoms with Crippen LogP contribution in [0.15, 0.2) is 24.3 Å². The van der Waals surface area contributed by atoms with Crippen LogP contribution in [0.4, 0.5) is 0 Å². The summed E-state index contributed by atoms with van der Waals surface area (Å²) in [5.74, 6) is -0.743. The lowest BCUT2D eigenvalue weighted by atomic mass is 10.1. The lowest BCUT2D eigenvalue weighted by Gasteiger charge is -2.00. The summed E-state index contributed by atoms with van der Waals surface area (Å²) in [4.78, 5) is 14.0. The Morgan fingerprint density at radius 1 is 0.947 bits per heavy atom. The summed E-state index contributed by atoms with van der Waals surface area (Å²) < 4.78 is 0. The Morgan fingerprint density at radius 2 is 1.53 bits per heavy atom. The number of hydrogen-bond donors (Lipinski definition) is 1. The van der Waals surface area contributed by atoms with Crippen molar-refractivity contribution in [3.05, 3.63) is 24.3 Å². The van der Waals surface area contributed by atoms with Crippen molar-refractivity contribution in [2.75, 3.05) is 0 Å². The predicted octanol–water partition coefficient (Wildman–Crippen LogP) is 5.04. The van der Waals surface area contributed by atoms with Gasteiger partial charge in [0.05, 0.1) is 0 Å². The van der Waals surface area contributed by atoms with Gasteiger partial charge in [0.15, 0.2) is 0 Å². The zero-order valence-corrected chi connectivity index (χ0v) is 12.1. The number of rotatable bonds is 12. The van der Waals surface area contributed by atoms with Crippen molar-refractivity contribution in [1.29, 1.82) is 0 Å². The Hall–Kier alpha value is -1.09. The normalized spacial score (nSPS) is 11.5. The summed E-state index contributed by atoms with van der Waals surface area (Å²) in [6.45, 7) is 2.25. The molecule has 0 unspecified atom stereocenters. The molecule has 0 aliphatic heterocycles. The highest BCUT2D eigenvalue weighted by Crippen LogP contribution is 2.10. The largest absolute Gasteiger partial charge is 0.365 e. The second-order valence-corrected chi connectivity index (χ2v) is 4.81. The molecule has 19 heavy (non-hydrogen) atoms. The molecule has 0 atom stereocenters. The van der Waals surface area contributed by atoms with Crippen LogP contribution in [0.25, 0.3) is 0 Å². The van der Waals surface area contributed by atoms with Crippen LogP contribution in [0.5, 0.6) is 0 Å². The van der Waals surface area contributed by atoms with E-state index in [0.717, 1.165) is 6.42 Å². The number of allylic oxidation sites excluding steroid dienone is 3. The lowest BCUT2D eigenvalue weighted by molar-refractivity contribution is -0.228. The fourth-order valence-electron chi connectivity index (χ4n) is 1.91. The molecule has 0 rings (SSSR count). The maximum absolute atomic E-state index is 10.5. The van der Waals surface area contributed by atoms with Crippen LogP contribution in [-0.4, -0.2) is 11.2 Å². The Bertz CT molecular complexity index is 257. The second-order valence-electron chi connectivity index (χ2n) is 4.81. The summed E-state index contributed by atoms with van der Waals surface area (Å²) in [7, 11) is 0. The van der Waals surface area contributed by atoms with E-state index in [1.54, 1.807) is 6.08 Å². The standard InChI is InChI=1S/C16H28O3/c1-2-3-4-5-6-7-8-9-10-11-12-13-14-15-16(17)19-18/h12-15,18H,2-11H2,1H3. The van der Waals surface area contributed by atoms with Crippen molar-refractivity contribution >= 4 is 5.97 Å². The average Bonchev–Trinajstić information content (AvgIpc) is 2.43. The molecule has 0 saturated heterocycles. The Balaban J connectivity index is 3.20. The minimum atomic E-state index is -0.743. The minimum absolute atomic E-state index is 0.743. The summed E-state index contributed by atoms with van der Waals surface area (Å²) >= 11 is 0. The van der Waals surface area contributed by atoms with Crippen molar-refractivity contribution in [1.82, 2.24) is 0 Å². The maximum atomic E-state index is 10.5. The summed E-state index contributed by atoms with van der Waals surface area (Å²) in [5, 5.41) is 8.00. The quantitative estimate of drug-likeness (QED) is 0.177. The first-order chi connectivity index (χ1) is 9.31. The van der Waals surface area contributed by atoms with E-state index in [0.29, 0.717) is 0 Å². The van der Waals surface area contributed by atoms with E-state index in [9.17, 15) is 4.79 Å². The zero-order chi connectivity index (χ0) is 14.2. The summed E-state index contributed by atoms with van der Waals surface area (Å²) in [6.07, 6.45) is 19.6. The fourth-order valence-corrected chi connectivity index (χ4v) is 1.91. The topological polar surface area (TPSA) is 46.5 Å². The highest BCUT2D eigenvalue weighted by Gasteiger charge is 1.91. The molecule has 0 bridgehead atoms. The molecule has 0 aliphatic rings. The molecule has 0 aromatic heterocycles. The molecular formula is C16H28O3. The van der Waals surface area contributed by atoms with Gasteiger partial charge in [0.25, 0.3) is 0 Å². The SMILES string of the molecule is CCCCCCCCCCCC=CC=CC(=O)OO. The second kappa shape index (κ2) is 15.0. The highest BCUT2D eigenvalue weighted by molar-refractivity contribution is 5.81. The van der Waals surface area contributed by atoms with Crippen LogP contribution in [0.2, 0.25) is 0 Å². The predicted molar refractivity (Wildman–Crippen MR) is 78.8 cm³/mol. The van der Waals surface area contributed by atoms with Gasteiger partial charge in [-0.3, -0.25) is 4.89 Å². The number of hydrogen-bond acceptors (Lipinski definition) is 3. The first-order valence-corrected chi connectivity index (χ1v) is 7.49. The summed E-state index contributed by atoms with van der Waals surface area (Å²) in [6, 6.07) is 0. The number of unbranched alkanes of at least 4 members (excludes halogenated alkanes) is 9. The molecule has 0 spiro atoms. The molecule has 0 radical (unpaired) electrons. The number of carbonyl (C=O) groups is 1. The van der Waals surface area contributed by atoms with Crippen LogP contribution in [-0.2, 0) is 9.68 Å². The molecular weight excluding hydrogens is 240 g/mol. The molecule has 0 amide bonds. The van der Waals surface area contributed by atoms with Gasteiger partial charge in [-0.05, 0) is 12.8 Å². The van der Waals surface area contributed by atoms with Gasteiger partial charge in [0.2, 0.25) is 0 Å². The third-order valence-electron chi connectivity index (χ3n) is 3.04. The van der Waals surface area contributed by atoms with Crippen LogP contribution in [0.3, 0.4) is 0 Å². The van der Waals surface area contributed by atoms with E-state index in [-0.39, 0.29) is 0 Å². The fraction of sp³-hybridized carbons (Fsp3) is 0.688. The highest BCUT2D eigenvalue weighted by atomic mass is 17.1. The van der Waals surface area contributed by atoms with Gasteiger partial charge in [-0.15, -0.1) is 0 Å². The van der Waals surface area contributed by atoms with E-state index < -0.39 is 5.97 Å². The van der Waals surface area contributed by atoms with E-state index in [1.165, 1.54) is 63.9 Å². The molecule has 1 N–H and O–H groups in total. The first kappa shape index (κ1) is 17.9. The van der Waals surface area contributed by atoms with Crippen molar-refractivity contribution in [3.63, 3.8) is 0 Å². The van der Waals surface area contributed by atoms with Crippen LogP contribution in [0.1, 0.15) is 71.1 Å². The van der Waals surface area contributed by atoms with Gasteiger partial charge < -0.3 is 0 Å². The Morgan fingerprint density at radius 3 is 2.11 bits per heavy atom. The molecule has 0 aliphatic carbocycles. The molecule has 0 aromatic rings. The smallest absolute Gasteiger partial charge is 0.296 e. The van der Waals surface area contributed by atoms with Crippen LogP contribution < -0.4 is 0 Å². The van der Waals surface area contributed by atoms with E-state index in [2.05, 4.69) is 11.8 Å². The van der Waals surface area contributed by atoms with Crippen molar-refractivity contribution in [2.24, 2.45) is 0 Å². The van der Waals surface area contributed by atoms with Gasteiger partial charge in [-0.25, -0.2) is 4.79 Å². The molecule has 0 aromatic carbocycles. The average molecular weight is 268 g/mol. The molecule has 0 heterocycles. The molecule has 3 heteroatoms. The molecule has 110 valence electrons. The van der Waals surface area contributed by atoms with Crippen LogP contribution in [0, 0.1) is 0 Å². The number of carbonyl (C=O) groups excluding carboxylic acids is 1. The zero-order valence-electron chi connectivity index (χ0n) is 12.1. The van der Waals surface area contributed by atoms with Gasteiger partial charge in [0, 0.05) is 6.08 Å². The molecule has 0 saturated carbocycles. The summed E-state index contributed by atoms with van der Waals surface area (Å²) in [5.41, 5.74) is 0. The van der Waals surface area contributed by atoms with Gasteiger partial charge in [-0.1, -0.05) is 76.5 Å². The molecule has 0 fully saturated rings. The monoisotopic (exact) mass is 268 g/mol. The van der Waals surface area contributed by atoms with Gasteiger partial charge in [-0.2, -0.15) is 5.26 Å². The van der Waals surface area contributed by atoms with Gasteiger partial charge >= 0.3 is 5.97 Å². The van der Waals surface area contributed by atoms with Crippen molar-refractivity contribution in [3.8, 4) is 0 Å². The minimum Gasteiger partial charge on any atom is -0.296 e. The van der Waals surface area contributed by atoms with E-state index in [1.807, 2.05) is 12.2 Å². The van der Waals surface area contributed by atoms with E-state index in [4.69, 9.17) is 5.26 Å².